The second kappa shape index (κ2) is 13.2. The standard InChI is InChI=1S/C16H24O3.C12H19N3/c1-4-5-6-7-8-16(2,3)12-9-14(18)13(11-17)15(19)10-12;1-13-11-4-3-5-12(10-11)15-8-6-14(2)7-9-15/h9-11,18-19H,4-8H2,1-3H3;3-5,10,13H,6-9H2,1-2H3. The molecule has 1 saturated heterocycles. The number of aromatic hydroxyl groups is 2. The first-order valence-electron chi connectivity index (χ1n) is 12.4. The highest BCUT2D eigenvalue weighted by Crippen LogP contribution is 2.36. The zero-order valence-electron chi connectivity index (χ0n) is 21.6. The first-order valence-corrected chi connectivity index (χ1v) is 12.4. The molecule has 1 fully saturated rings. The quantitative estimate of drug-likeness (QED) is 0.326. The van der Waals surface area contributed by atoms with Gasteiger partial charge >= 0.3 is 0 Å². The van der Waals surface area contributed by atoms with Gasteiger partial charge in [-0.25, -0.2) is 0 Å². The van der Waals surface area contributed by atoms with Gasteiger partial charge in [-0.3, -0.25) is 4.79 Å². The molecule has 0 amide bonds. The third kappa shape index (κ3) is 7.94. The zero-order chi connectivity index (χ0) is 25.1. The molecule has 0 radical (unpaired) electrons. The van der Waals surface area contributed by atoms with Crippen molar-refractivity contribution in [3.63, 3.8) is 0 Å². The summed E-state index contributed by atoms with van der Waals surface area (Å²) in [7, 11) is 4.14. The number of nitrogens with one attached hydrogen (secondary N) is 1. The van der Waals surface area contributed by atoms with Crippen molar-refractivity contribution in [2.24, 2.45) is 0 Å². The van der Waals surface area contributed by atoms with E-state index >= 15 is 0 Å². The van der Waals surface area contributed by atoms with Crippen molar-refractivity contribution in [3.8, 4) is 11.5 Å². The Kier molecular flexibility index (Phi) is 10.7. The maximum atomic E-state index is 10.7. The summed E-state index contributed by atoms with van der Waals surface area (Å²) >= 11 is 0. The number of anilines is 2. The van der Waals surface area contributed by atoms with Crippen LogP contribution in [0, 0.1) is 0 Å². The molecule has 0 aliphatic carbocycles. The van der Waals surface area contributed by atoms with Crippen molar-refractivity contribution >= 4 is 17.7 Å². The molecule has 0 unspecified atom stereocenters. The molecule has 6 nitrogen and oxygen atoms in total. The lowest BCUT2D eigenvalue weighted by atomic mass is 9.79. The molecule has 6 heteroatoms. The molecule has 0 saturated carbocycles. The largest absolute Gasteiger partial charge is 0.507 e. The van der Waals surface area contributed by atoms with Crippen molar-refractivity contribution in [1.29, 1.82) is 0 Å². The molecule has 2 aromatic rings. The summed E-state index contributed by atoms with van der Waals surface area (Å²) in [5, 5.41) is 22.7. The van der Waals surface area contributed by atoms with Crippen LogP contribution in [0.25, 0.3) is 0 Å². The lowest BCUT2D eigenvalue weighted by molar-refractivity contribution is 0.111. The third-order valence-corrected chi connectivity index (χ3v) is 6.69. The van der Waals surface area contributed by atoms with Crippen LogP contribution in [0.5, 0.6) is 11.5 Å². The number of hydrogen-bond donors (Lipinski definition) is 3. The minimum absolute atomic E-state index is 0.0365. The summed E-state index contributed by atoms with van der Waals surface area (Å²) in [5.41, 5.74) is 3.22. The average Bonchev–Trinajstić information content (AvgIpc) is 2.82. The smallest absolute Gasteiger partial charge is 0.157 e. The summed E-state index contributed by atoms with van der Waals surface area (Å²) in [6.07, 6.45) is 6.23. The molecule has 2 aromatic carbocycles. The van der Waals surface area contributed by atoms with E-state index in [1.165, 1.54) is 30.6 Å². The van der Waals surface area contributed by atoms with Crippen LogP contribution >= 0.6 is 0 Å². The summed E-state index contributed by atoms with van der Waals surface area (Å²) in [4.78, 5) is 15.6. The summed E-state index contributed by atoms with van der Waals surface area (Å²) in [6, 6.07) is 11.8. The van der Waals surface area contributed by atoms with Crippen LogP contribution in [0.1, 0.15) is 68.8 Å². The molecule has 0 atom stereocenters. The topological polar surface area (TPSA) is 76.0 Å². The molecule has 3 N–H and O–H groups in total. The van der Waals surface area contributed by atoms with E-state index in [4.69, 9.17) is 0 Å². The molecule has 0 aromatic heterocycles. The lowest BCUT2D eigenvalue weighted by Crippen LogP contribution is -2.44. The summed E-state index contributed by atoms with van der Waals surface area (Å²) in [6.45, 7) is 10.9. The monoisotopic (exact) mass is 469 g/mol. The molecule has 3 rings (SSSR count). The Balaban J connectivity index is 0.000000246. The number of phenolic OH excluding ortho intramolecular Hbond substituents is 2. The maximum absolute atomic E-state index is 10.7. The Bertz CT molecular complexity index is 883. The molecule has 188 valence electrons. The minimum atomic E-state index is -0.147. The van der Waals surface area contributed by atoms with Gasteiger partial charge in [0.1, 0.15) is 11.5 Å². The third-order valence-electron chi connectivity index (χ3n) is 6.69. The number of hydrogen-bond acceptors (Lipinski definition) is 6. The Morgan fingerprint density at radius 3 is 2.21 bits per heavy atom. The number of benzene rings is 2. The van der Waals surface area contributed by atoms with Gasteiger partial charge in [-0.2, -0.15) is 0 Å². The fourth-order valence-corrected chi connectivity index (χ4v) is 4.20. The van der Waals surface area contributed by atoms with Crippen molar-refractivity contribution in [2.75, 3.05) is 50.5 Å². The van der Waals surface area contributed by atoms with Gasteiger partial charge in [0.2, 0.25) is 0 Å². The average molecular weight is 470 g/mol. The number of piperazine rings is 1. The van der Waals surface area contributed by atoms with E-state index < -0.39 is 0 Å². The Labute approximate surface area is 205 Å². The van der Waals surface area contributed by atoms with Crippen molar-refractivity contribution < 1.29 is 15.0 Å². The molecule has 1 aliphatic rings. The second-order valence-corrected chi connectivity index (χ2v) is 9.83. The van der Waals surface area contributed by atoms with Gasteiger partial charge in [-0.1, -0.05) is 52.5 Å². The summed E-state index contributed by atoms with van der Waals surface area (Å²) in [5.74, 6) is -0.293. The van der Waals surface area contributed by atoms with Crippen LogP contribution in [-0.2, 0) is 5.41 Å². The highest BCUT2D eigenvalue weighted by molar-refractivity contribution is 5.83. The van der Waals surface area contributed by atoms with E-state index in [1.807, 2.05) is 7.05 Å². The number of phenols is 2. The maximum Gasteiger partial charge on any atom is 0.157 e. The Morgan fingerprint density at radius 2 is 1.65 bits per heavy atom. The van der Waals surface area contributed by atoms with Crippen LogP contribution in [0.15, 0.2) is 36.4 Å². The fraction of sp³-hybridized carbons (Fsp3) is 0.536. The molecule has 0 bridgehead atoms. The van der Waals surface area contributed by atoms with Gasteiger partial charge in [0.15, 0.2) is 6.29 Å². The van der Waals surface area contributed by atoms with Crippen LogP contribution < -0.4 is 10.2 Å². The normalized spacial score (nSPS) is 14.3. The van der Waals surface area contributed by atoms with E-state index in [-0.39, 0.29) is 22.5 Å². The minimum Gasteiger partial charge on any atom is -0.507 e. The fourth-order valence-electron chi connectivity index (χ4n) is 4.20. The number of aldehydes is 1. The number of likely N-dealkylation sites (N-methyl/N-ethyl adjacent to an activating group) is 1. The second-order valence-electron chi connectivity index (χ2n) is 9.83. The van der Waals surface area contributed by atoms with E-state index in [1.54, 1.807) is 12.1 Å². The predicted octanol–water partition coefficient (Wildman–Crippen LogP) is 5.64. The molecular weight excluding hydrogens is 426 g/mol. The Hall–Kier alpha value is -2.73. The van der Waals surface area contributed by atoms with Crippen LogP contribution in [-0.4, -0.2) is 61.7 Å². The SMILES string of the molecule is CCCCCCC(C)(C)c1cc(O)c(C=O)c(O)c1.CNc1cccc(N2CCN(C)CC2)c1. The first-order chi connectivity index (χ1) is 16.2. The van der Waals surface area contributed by atoms with Crippen LogP contribution in [0.2, 0.25) is 0 Å². The Morgan fingerprint density at radius 1 is 1.00 bits per heavy atom. The first kappa shape index (κ1) is 27.5. The van der Waals surface area contributed by atoms with E-state index in [0.717, 1.165) is 44.6 Å². The van der Waals surface area contributed by atoms with Gasteiger partial charge in [0.05, 0.1) is 5.56 Å². The van der Waals surface area contributed by atoms with Gasteiger partial charge in [0.25, 0.3) is 0 Å². The van der Waals surface area contributed by atoms with Crippen molar-refractivity contribution in [1.82, 2.24) is 4.90 Å². The molecular formula is C28H43N3O3. The number of nitrogens with zero attached hydrogens (tertiary/aromatic N) is 2. The molecule has 34 heavy (non-hydrogen) atoms. The predicted molar refractivity (Wildman–Crippen MR) is 143 cm³/mol. The van der Waals surface area contributed by atoms with E-state index in [2.05, 4.69) is 67.2 Å². The number of rotatable bonds is 9. The van der Waals surface area contributed by atoms with Gasteiger partial charge < -0.3 is 25.3 Å². The molecule has 1 aliphatic heterocycles. The number of unbranched alkanes of at least 4 members (excludes halogenated alkanes) is 3. The molecule has 1 heterocycles. The zero-order valence-corrected chi connectivity index (χ0v) is 21.6. The molecule has 0 spiro atoms. The van der Waals surface area contributed by atoms with Gasteiger partial charge in [-0.15, -0.1) is 0 Å². The van der Waals surface area contributed by atoms with E-state index in [9.17, 15) is 15.0 Å². The lowest BCUT2D eigenvalue weighted by Gasteiger charge is -2.34. The highest BCUT2D eigenvalue weighted by Gasteiger charge is 2.23. The van der Waals surface area contributed by atoms with Crippen molar-refractivity contribution in [2.45, 2.75) is 58.3 Å². The van der Waals surface area contributed by atoms with Crippen LogP contribution in [0.4, 0.5) is 11.4 Å². The van der Waals surface area contributed by atoms with Gasteiger partial charge in [-0.05, 0) is 54.8 Å². The van der Waals surface area contributed by atoms with Crippen LogP contribution in [0.3, 0.4) is 0 Å². The highest BCUT2D eigenvalue weighted by atomic mass is 16.3. The number of carbonyl (C=O) groups is 1. The van der Waals surface area contributed by atoms with E-state index in [0.29, 0.717) is 6.29 Å². The number of carbonyl (C=O) groups excluding carboxylic acids is 1. The van der Waals surface area contributed by atoms with Crippen molar-refractivity contribution in [3.05, 3.63) is 47.5 Å². The summed E-state index contributed by atoms with van der Waals surface area (Å²) < 4.78 is 0. The van der Waals surface area contributed by atoms with Gasteiger partial charge in [0, 0.05) is 44.6 Å².